The molecule has 5 aliphatic carbocycles. The SMILES string of the molecule is CCN1C[C@]2(C)CC[C@H](OC)[C@@]34C1[C@]1(OCO[C@@]15C[C@H](OC)[C@H]1C[C@]3(O)[C@@H]5C1=O)[C@@H](OC(C)=O)[C@H]24. The van der Waals surface area contributed by atoms with Gasteiger partial charge < -0.3 is 28.8 Å². The fraction of sp³-hybridized carbons (Fsp3) is 0.923. The number of rotatable bonds is 4. The molecule has 7 aliphatic rings. The van der Waals surface area contributed by atoms with Crippen LogP contribution in [0, 0.1) is 28.6 Å². The summed E-state index contributed by atoms with van der Waals surface area (Å²) in [5, 5.41) is 13.1. The second-order valence-electron chi connectivity index (χ2n) is 12.5. The van der Waals surface area contributed by atoms with E-state index in [2.05, 4.69) is 18.7 Å². The van der Waals surface area contributed by atoms with Gasteiger partial charge in [0.05, 0.1) is 35.2 Å². The maximum absolute atomic E-state index is 14.1. The number of piperidine rings is 1. The topological polar surface area (TPSA) is 104 Å². The highest BCUT2D eigenvalue weighted by molar-refractivity contribution is 5.92. The molecule has 0 aromatic carbocycles. The zero-order valence-corrected chi connectivity index (χ0v) is 21.2. The molecular formula is C26H37NO8. The first-order valence-electron chi connectivity index (χ1n) is 13.1. The van der Waals surface area contributed by atoms with Crippen molar-refractivity contribution in [1.29, 1.82) is 0 Å². The maximum Gasteiger partial charge on any atom is 0.303 e. The van der Waals surface area contributed by atoms with Crippen LogP contribution in [0.5, 0.6) is 0 Å². The molecule has 0 aromatic rings. The molecule has 7 bridgehead atoms. The van der Waals surface area contributed by atoms with Gasteiger partial charge in [0, 0.05) is 45.9 Å². The number of ether oxygens (including phenoxy) is 5. The summed E-state index contributed by atoms with van der Waals surface area (Å²) in [6.45, 7) is 7.35. The Bertz CT molecular complexity index is 1010. The smallest absolute Gasteiger partial charge is 0.303 e. The molecule has 2 saturated heterocycles. The van der Waals surface area contributed by atoms with E-state index in [4.69, 9.17) is 23.7 Å². The summed E-state index contributed by atoms with van der Waals surface area (Å²) in [6.07, 6.45) is 1.02. The van der Waals surface area contributed by atoms with Gasteiger partial charge in [-0.15, -0.1) is 0 Å². The number of nitrogens with zero attached hydrogens (tertiary/aromatic N) is 1. The summed E-state index contributed by atoms with van der Waals surface area (Å²) in [7, 11) is 3.33. The molecule has 9 nitrogen and oxygen atoms in total. The van der Waals surface area contributed by atoms with Crippen molar-refractivity contribution in [3.63, 3.8) is 0 Å². The molecule has 2 aliphatic heterocycles. The molecule has 0 amide bonds. The maximum atomic E-state index is 14.1. The number of likely N-dealkylation sites (N-methyl/N-ethyl adjacent to an activating group) is 1. The average molecular weight is 492 g/mol. The molecule has 1 unspecified atom stereocenters. The molecular weight excluding hydrogens is 454 g/mol. The summed E-state index contributed by atoms with van der Waals surface area (Å²) in [6, 6.07) is -0.321. The zero-order chi connectivity index (χ0) is 24.8. The van der Waals surface area contributed by atoms with Gasteiger partial charge in [0.2, 0.25) is 0 Å². The highest BCUT2D eigenvalue weighted by Gasteiger charge is 2.97. The number of hydrogen-bond acceptors (Lipinski definition) is 9. The van der Waals surface area contributed by atoms with Crippen LogP contribution >= 0.6 is 0 Å². The molecule has 9 heteroatoms. The van der Waals surface area contributed by atoms with E-state index in [0.717, 1.165) is 25.9 Å². The molecule has 7 rings (SSSR count). The van der Waals surface area contributed by atoms with Crippen molar-refractivity contribution in [2.75, 3.05) is 34.1 Å². The van der Waals surface area contributed by atoms with Gasteiger partial charge in [0.1, 0.15) is 24.3 Å². The van der Waals surface area contributed by atoms with Crippen LogP contribution in [-0.2, 0) is 33.3 Å². The third-order valence-electron chi connectivity index (χ3n) is 11.7. The van der Waals surface area contributed by atoms with Crippen molar-refractivity contribution in [3.8, 4) is 0 Å². The van der Waals surface area contributed by atoms with E-state index >= 15 is 0 Å². The van der Waals surface area contributed by atoms with Crippen LogP contribution in [-0.4, -0.2) is 97.0 Å². The van der Waals surface area contributed by atoms with Crippen molar-refractivity contribution in [3.05, 3.63) is 0 Å². The standard InChI is InChI=1S/C26H37NO8/c1-6-27-11-22(3)8-7-16(32-5)25-19(22)20(35-13(2)28)26(21(25)27)24(33-12-34-26)10-15(31-4)14-9-23(25,30)18(24)17(14)29/h14-16,18-21,30H,6-12H2,1-5H3/t14-,15+,16+,18+,19-,20+,21?,22+,23+,24-,25-,26-/m1/s1. The molecule has 0 aromatic heterocycles. The summed E-state index contributed by atoms with van der Waals surface area (Å²) in [5.41, 5.74) is -4.74. The van der Waals surface area contributed by atoms with E-state index in [1.54, 1.807) is 14.2 Å². The van der Waals surface area contributed by atoms with Gasteiger partial charge in [-0.1, -0.05) is 13.8 Å². The van der Waals surface area contributed by atoms with E-state index in [-0.39, 0.29) is 42.0 Å². The molecule has 1 N–H and O–H groups in total. The van der Waals surface area contributed by atoms with Gasteiger partial charge in [0.15, 0.2) is 5.60 Å². The number of esters is 1. The predicted molar refractivity (Wildman–Crippen MR) is 120 cm³/mol. The number of methoxy groups -OCH3 is 2. The quantitative estimate of drug-likeness (QED) is 0.575. The van der Waals surface area contributed by atoms with E-state index < -0.39 is 46.3 Å². The van der Waals surface area contributed by atoms with E-state index in [0.29, 0.717) is 12.8 Å². The largest absolute Gasteiger partial charge is 0.459 e. The Morgan fingerprint density at radius 1 is 1.23 bits per heavy atom. The predicted octanol–water partition coefficient (Wildman–Crippen LogP) is 0.904. The summed E-state index contributed by atoms with van der Waals surface area (Å²) in [4.78, 5) is 29.2. The van der Waals surface area contributed by atoms with Crippen molar-refractivity contribution in [1.82, 2.24) is 4.90 Å². The van der Waals surface area contributed by atoms with Crippen LogP contribution in [0.4, 0.5) is 0 Å². The minimum absolute atomic E-state index is 0.00808. The molecule has 3 spiro atoms. The first-order valence-corrected chi connectivity index (χ1v) is 13.1. The Morgan fingerprint density at radius 3 is 2.66 bits per heavy atom. The van der Waals surface area contributed by atoms with E-state index in [9.17, 15) is 14.7 Å². The Kier molecular flexibility index (Phi) is 4.39. The Balaban J connectivity index is 1.62. The lowest BCUT2D eigenvalue weighted by atomic mass is 9.41. The monoisotopic (exact) mass is 491 g/mol. The van der Waals surface area contributed by atoms with Gasteiger partial charge in [-0.2, -0.15) is 0 Å². The third-order valence-corrected chi connectivity index (χ3v) is 11.7. The number of ketones is 1. The fourth-order valence-electron chi connectivity index (χ4n) is 11.2. The molecule has 5 saturated carbocycles. The number of fused-ring (bicyclic) bond motifs is 1. The summed E-state index contributed by atoms with van der Waals surface area (Å²) >= 11 is 0. The number of likely N-dealkylation sites (tertiary alicyclic amines) is 1. The molecule has 194 valence electrons. The third kappa shape index (κ3) is 2.05. The van der Waals surface area contributed by atoms with Gasteiger partial charge in [-0.25, -0.2) is 0 Å². The summed E-state index contributed by atoms with van der Waals surface area (Å²) in [5.74, 6) is -1.79. The average Bonchev–Trinajstić information content (AvgIpc) is 3.34. The van der Waals surface area contributed by atoms with Crippen LogP contribution in [0.1, 0.15) is 46.5 Å². The van der Waals surface area contributed by atoms with Gasteiger partial charge in [-0.3, -0.25) is 14.5 Å². The van der Waals surface area contributed by atoms with Crippen LogP contribution in [0.25, 0.3) is 0 Å². The first kappa shape index (κ1) is 23.0. The lowest BCUT2D eigenvalue weighted by Gasteiger charge is -2.71. The minimum atomic E-state index is -1.39. The summed E-state index contributed by atoms with van der Waals surface area (Å²) < 4.78 is 31.7. The van der Waals surface area contributed by atoms with Crippen molar-refractivity contribution >= 4 is 11.8 Å². The van der Waals surface area contributed by atoms with Crippen LogP contribution in [0.2, 0.25) is 0 Å². The van der Waals surface area contributed by atoms with Crippen LogP contribution in [0.15, 0.2) is 0 Å². The number of aliphatic hydroxyl groups is 1. The molecule has 7 fully saturated rings. The molecule has 0 radical (unpaired) electrons. The Morgan fingerprint density at radius 2 is 2.00 bits per heavy atom. The van der Waals surface area contributed by atoms with Gasteiger partial charge in [0.25, 0.3) is 0 Å². The Labute approximate surface area is 205 Å². The van der Waals surface area contributed by atoms with Crippen molar-refractivity contribution in [2.45, 2.75) is 87.6 Å². The molecule has 12 atom stereocenters. The number of hydrogen-bond donors (Lipinski definition) is 1. The number of carbonyl (C=O) groups excluding carboxylic acids is 2. The molecule has 35 heavy (non-hydrogen) atoms. The molecule has 2 heterocycles. The second-order valence-corrected chi connectivity index (χ2v) is 12.5. The normalized spacial score (nSPS) is 59.5. The van der Waals surface area contributed by atoms with E-state index in [1.165, 1.54) is 6.92 Å². The van der Waals surface area contributed by atoms with Gasteiger partial charge >= 0.3 is 5.97 Å². The lowest BCUT2D eigenvalue weighted by Crippen LogP contribution is -2.85. The van der Waals surface area contributed by atoms with Crippen molar-refractivity contribution in [2.24, 2.45) is 28.6 Å². The zero-order valence-electron chi connectivity index (χ0n) is 21.2. The lowest BCUT2D eigenvalue weighted by molar-refractivity contribution is -0.317. The van der Waals surface area contributed by atoms with Gasteiger partial charge in [-0.05, 0) is 31.2 Å². The minimum Gasteiger partial charge on any atom is -0.459 e. The van der Waals surface area contributed by atoms with E-state index in [1.807, 2.05) is 0 Å². The van der Waals surface area contributed by atoms with Crippen molar-refractivity contribution < 1.29 is 38.4 Å². The number of Topliss-reactive ketones (excluding diaryl/α,β-unsaturated/α-hetero) is 1. The highest BCUT2D eigenvalue weighted by atomic mass is 16.7. The Hall–Kier alpha value is -1.10. The van der Waals surface area contributed by atoms with Crippen LogP contribution < -0.4 is 0 Å². The number of carbonyl (C=O) groups is 2. The fourth-order valence-corrected chi connectivity index (χ4v) is 11.2. The first-order chi connectivity index (χ1) is 16.6. The second kappa shape index (κ2) is 6.66. The highest BCUT2D eigenvalue weighted by Crippen LogP contribution is 2.83. The van der Waals surface area contributed by atoms with Crippen LogP contribution in [0.3, 0.4) is 0 Å².